The van der Waals surface area contributed by atoms with Crippen molar-refractivity contribution in [3.05, 3.63) is 83.9 Å². The van der Waals surface area contributed by atoms with Crippen molar-refractivity contribution in [2.45, 2.75) is 57.0 Å². The van der Waals surface area contributed by atoms with Gasteiger partial charge >= 0.3 is 24.3 Å². The highest BCUT2D eigenvalue weighted by Crippen LogP contribution is 2.29. The number of carbonyl (C=O) groups excluding carboxylic acids is 1. The number of aryl methyl sites for hydroxylation is 1. The molecular formula is C33H33F6N7O6. The molecule has 0 saturated heterocycles. The Morgan fingerprint density at radius 1 is 0.827 bits per heavy atom. The van der Waals surface area contributed by atoms with Crippen molar-refractivity contribution >= 4 is 46.5 Å². The van der Waals surface area contributed by atoms with Crippen LogP contribution in [0.2, 0.25) is 0 Å². The van der Waals surface area contributed by atoms with Crippen molar-refractivity contribution < 1.29 is 55.7 Å². The second-order valence-corrected chi connectivity index (χ2v) is 11.1. The minimum atomic E-state index is -5.08. The smallest absolute Gasteiger partial charge is 0.475 e. The number of carbonyl (C=O) groups is 3. The van der Waals surface area contributed by atoms with Gasteiger partial charge in [-0.2, -0.15) is 31.3 Å². The number of carboxylic acid groups (broad SMARTS) is 2. The van der Waals surface area contributed by atoms with Crippen molar-refractivity contribution in [1.29, 1.82) is 0 Å². The molecule has 0 radical (unpaired) electrons. The number of hydrogen-bond acceptors (Lipinski definition) is 8. The molecule has 3 aromatic carbocycles. The summed E-state index contributed by atoms with van der Waals surface area (Å²) in [6, 6.07) is 22.3. The highest BCUT2D eigenvalue weighted by atomic mass is 19.4. The van der Waals surface area contributed by atoms with Gasteiger partial charge in [-0.3, -0.25) is 10.1 Å². The van der Waals surface area contributed by atoms with E-state index >= 15 is 0 Å². The minimum Gasteiger partial charge on any atom is -0.475 e. The SMILES string of the molecule is Cc1ccc2nc(NC(=O)c3ccc(Oc4ccccc4)cc3)nc(NC3CCCCC3N=C(N)N)c2c1.O=C(O)C(F)(F)F.O=C(O)C(F)(F)F. The zero-order valence-electron chi connectivity index (χ0n) is 27.2. The van der Waals surface area contributed by atoms with E-state index < -0.39 is 24.3 Å². The van der Waals surface area contributed by atoms with Crippen molar-refractivity contribution in [1.82, 2.24) is 9.97 Å². The van der Waals surface area contributed by atoms with Crippen molar-refractivity contribution in [3.63, 3.8) is 0 Å². The maximum absolute atomic E-state index is 13.1. The molecule has 0 spiro atoms. The fourth-order valence-corrected chi connectivity index (χ4v) is 4.68. The second-order valence-electron chi connectivity index (χ2n) is 11.1. The second kappa shape index (κ2) is 17.7. The molecule has 2 unspecified atom stereocenters. The molecule has 5 rings (SSSR count). The monoisotopic (exact) mass is 737 g/mol. The first-order valence-corrected chi connectivity index (χ1v) is 15.2. The van der Waals surface area contributed by atoms with E-state index in [1.54, 1.807) is 24.3 Å². The van der Waals surface area contributed by atoms with Crippen LogP contribution in [-0.4, -0.2) is 68.4 Å². The lowest BCUT2D eigenvalue weighted by molar-refractivity contribution is -0.193. The van der Waals surface area contributed by atoms with E-state index in [0.29, 0.717) is 17.1 Å². The molecule has 1 fully saturated rings. The third kappa shape index (κ3) is 12.6. The number of anilines is 2. The van der Waals surface area contributed by atoms with E-state index in [1.165, 1.54) is 0 Å². The number of carboxylic acids is 2. The number of amides is 1. The van der Waals surface area contributed by atoms with Gasteiger partial charge in [0.1, 0.15) is 17.3 Å². The van der Waals surface area contributed by atoms with Gasteiger partial charge in [-0.15, -0.1) is 0 Å². The number of hydrogen-bond donors (Lipinski definition) is 6. The fourth-order valence-electron chi connectivity index (χ4n) is 4.68. The molecule has 1 saturated carbocycles. The van der Waals surface area contributed by atoms with Crippen LogP contribution in [0, 0.1) is 6.92 Å². The number of aliphatic imine (C=N–C) groups is 1. The third-order valence-electron chi connectivity index (χ3n) is 7.02. The Balaban J connectivity index is 0.000000441. The number of ether oxygens (including phenoxy) is 1. The number of nitrogens with two attached hydrogens (primary N) is 2. The Kier molecular flexibility index (Phi) is 13.7. The molecule has 1 heterocycles. The van der Waals surface area contributed by atoms with Crippen LogP contribution in [-0.2, 0) is 9.59 Å². The first-order chi connectivity index (χ1) is 24.3. The van der Waals surface area contributed by atoms with Gasteiger partial charge in [0.2, 0.25) is 5.95 Å². The van der Waals surface area contributed by atoms with Gasteiger partial charge in [0.15, 0.2) is 5.96 Å². The molecule has 1 aliphatic carbocycles. The van der Waals surface area contributed by atoms with Gasteiger partial charge in [-0.05, 0) is 68.3 Å². The van der Waals surface area contributed by atoms with Crippen LogP contribution in [0.1, 0.15) is 41.6 Å². The summed E-state index contributed by atoms with van der Waals surface area (Å²) in [6.45, 7) is 2.02. The number of fused-ring (bicyclic) bond motifs is 1. The summed E-state index contributed by atoms with van der Waals surface area (Å²) in [7, 11) is 0. The predicted octanol–water partition coefficient (Wildman–Crippen LogP) is 6.25. The molecular weight excluding hydrogens is 704 g/mol. The van der Waals surface area contributed by atoms with Gasteiger partial charge in [-0.25, -0.2) is 19.6 Å². The summed E-state index contributed by atoms with van der Waals surface area (Å²) < 4.78 is 69.3. The maximum atomic E-state index is 13.1. The molecule has 2 atom stereocenters. The summed E-state index contributed by atoms with van der Waals surface area (Å²) in [6.07, 6.45) is -6.22. The number of nitrogens with one attached hydrogen (secondary N) is 2. The Morgan fingerprint density at radius 3 is 1.94 bits per heavy atom. The van der Waals surface area contributed by atoms with E-state index in [2.05, 4.69) is 20.6 Å². The normalized spacial score (nSPS) is 15.4. The van der Waals surface area contributed by atoms with Crippen LogP contribution in [0.15, 0.2) is 77.8 Å². The molecule has 278 valence electrons. The number of benzene rings is 3. The molecule has 4 aromatic rings. The van der Waals surface area contributed by atoms with E-state index in [9.17, 15) is 31.1 Å². The highest BCUT2D eigenvalue weighted by molar-refractivity contribution is 6.04. The number of nitrogens with zero attached hydrogens (tertiary/aromatic N) is 3. The first-order valence-electron chi connectivity index (χ1n) is 15.2. The van der Waals surface area contributed by atoms with Crippen LogP contribution in [0.4, 0.5) is 38.1 Å². The van der Waals surface area contributed by atoms with E-state index in [1.807, 2.05) is 55.5 Å². The third-order valence-corrected chi connectivity index (χ3v) is 7.02. The average Bonchev–Trinajstić information content (AvgIpc) is 3.06. The van der Waals surface area contributed by atoms with Gasteiger partial charge in [0.05, 0.1) is 17.6 Å². The molecule has 52 heavy (non-hydrogen) atoms. The Labute approximate surface area is 291 Å². The largest absolute Gasteiger partial charge is 0.490 e. The van der Waals surface area contributed by atoms with Crippen LogP contribution in [0.5, 0.6) is 11.5 Å². The molecule has 8 N–H and O–H groups in total. The summed E-state index contributed by atoms with van der Waals surface area (Å²) in [5.74, 6) is -3.52. The summed E-state index contributed by atoms with van der Waals surface area (Å²) >= 11 is 0. The summed E-state index contributed by atoms with van der Waals surface area (Å²) in [5.41, 5.74) is 13.7. The van der Waals surface area contributed by atoms with Crippen molar-refractivity contribution in [2.24, 2.45) is 16.5 Å². The quantitative estimate of drug-likeness (QED) is 0.0709. The molecule has 0 aliphatic heterocycles. The van der Waals surface area contributed by atoms with Gasteiger partial charge in [0, 0.05) is 10.9 Å². The fraction of sp³-hybridized carbons (Fsp3) is 0.273. The lowest BCUT2D eigenvalue weighted by atomic mass is 9.90. The standard InChI is InChI=1S/C29H31N7O2.2C2HF3O2/c1-18-11-16-23-22(17-18)26(32-24-9-5-6-10-25(24)33-28(30)31)35-29(34-23)36-27(37)19-12-14-21(15-13-19)38-20-7-3-2-4-8-20;2*3-2(4,5)1(6)7/h2-4,7-8,11-17,24-25H,5-6,9-10H2,1H3,(H4,30,31,33)(H2,32,34,35,36,37);2*(H,6,7). The number of aliphatic carboxylic acids is 2. The van der Waals surface area contributed by atoms with E-state index in [0.717, 1.165) is 47.9 Å². The van der Waals surface area contributed by atoms with Crippen LogP contribution in [0.3, 0.4) is 0 Å². The predicted molar refractivity (Wildman–Crippen MR) is 178 cm³/mol. The maximum Gasteiger partial charge on any atom is 0.490 e. The van der Waals surface area contributed by atoms with Crippen LogP contribution < -0.4 is 26.8 Å². The lowest BCUT2D eigenvalue weighted by Crippen LogP contribution is -2.38. The number of aromatic nitrogens is 2. The van der Waals surface area contributed by atoms with Gasteiger partial charge < -0.3 is 31.7 Å². The van der Waals surface area contributed by atoms with Gasteiger partial charge in [0.25, 0.3) is 5.91 Å². The molecule has 1 aliphatic rings. The Hall–Kier alpha value is -6.14. The molecule has 13 nitrogen and oxygen atoms in total. The molecule has 0 bridgehead atoms. The van der Waals surface area contributed by atoms with Crippen molar-refractivity contribution in [3.8, 4) is 11.5 Å². The number of rotatable bonds is 7. The number of para-hydroxylation sites is 1. The molecule has 1 amide bonds. The Bertz CT molecular complexity index is 1850. The zero-order valence-corrected chi connectivity index (χ0v) is 27.2. The summed E-state index contributed by atoms with van der Waals surface area (Å²) in [4.78, 5) is 44.6. The van der Waals surface area contributed by atoms with E-state index in [-0.39, 0.29) is 29.9 Å². The molecule has 1 aromatic heterocycles. The Morgan fingerprint density at radius 2 is 1.38 bits per heavy atom. The number of guanidine groups is 1. The van der Waals surface area contributed by atoms with Crippen LogP contribution >= 0.6 is 0 Å². The topological polar surface area (TPSA) is 215 Å². The average molecular weight is 738 g/mol. The minimum absolute atomic E-state index is 0.0187. The lowest BCUT2D eigenvalue weighted by Gasteiger charge is -2.30. The molecule has 19 heteroatoms. The summed E-state index contributed by atoms with van der Waals surface area (Å²) in [5, 5.41) is 21.5. The number of halogens is 6. The van der Waals surface area contributed by atoms with Crippen molar-refractivity contribution in [2.75, 3.05) is 10.6 Å². The van der Waals surface area contributed by atoms with Gasteiger partial charge in [-0.1, -0.05) is 42.7 Å². The zero-order chi connectivity index (χ0) is 38.6. The number of alkyl halides is 6. The highest BCUT2D eigenvalue weighted by Gasteiger charge is 2.39. The van der Waals surface area contributed by atoms with E-state index in [4.69, 9.17) is 41.0 Å². The van der Waals surface area contributed by atoms with Crippen LogP contribution in [0.25, 0.3) is 10.9 Å². The first kappa shape index (κ1) is 40.3.